The third kappa shape index (κ3) is 5.33. The van der Waals surface area contributed by atoms with Crippen LogP contribution < -0.4 is 4.74 Å². The Morgan fingerprint density at radius 3 is 2.39 bits per heavy atom. The van der Waals surface area contributed by atoms with Gasteiger partial charge < -0.3 is 14.7 Å². The maximum absolute atomic E-state index is 12.9. The van der Waals surface area contributed by atoms with Gasteiger partial charge in [0.1, 0.15) is 11.5 Å². The standard InChI is InChI=1S/C22H26N2O4/c1-23(16-21(25)26)18-6-5-14-24(15-13-18)22(27)17-9-11-20(12-10-17)28-19-7-3-2-4-8-19/h2-4,7-12,18H,5-6,13-16H2,1H3,(H,25,26). The average molecular weight is 382 g/mol. The number of carbonyl (C=O) groups is 2. The summed E-state index contributed by atoms with van der Waals surface area (Å²) in [5.41, 5.74) is 0.637. The van der Waals surface area contributed by atoms with Gasteiger partial charge in [0.05, 0.1) is 6.54 Å². The van der Waals surface area contributed by atoms with E-state index in [1.807, 2.05) is 59.3 Å². The second kappa shape index (κ2) is 9.37. The lowest BCUT2D eigenvalue weighted by Gasteiger charge is -2.25. The first kappa shape index (κ1) is 19.9. The Hall–Kier alpha value is -2.86. The molecule has 3 rings (SSSR count). The van der Waals surface area contributed by atoms with E-state index in [9.17, 15) is 9.59 Å². The van der Waals surface area contributed by atoms with E-state index >= 15 is 0 Å². The molecule has 1 aliphatic heterocycles. The van der Waals surface area contributed by atoms with E-state index in [1.54, 1.807) is 12.1 Å². The van der Waals surface area contributed by atoms with Gasteiger partial charge >= 0.3 is 5.97 Å². The molecule has 0 aliphatic carbocycles. The van der Waals surface area contributed by atoms with Crippen LogP contribution in [-0.2, 0) is 4.79 Å². The highest BCUT2D eigenvalue weighted by Crippen LogP contribution is 2.22. The van der Waals surface area contributed by atoms with Crippen molar-refractivity contribution in [2.24, 2.45) is 0 Å². The van der Waals surface area contributed by atoms with Crippen LogP contribution >= 0.6 is 0 Å². The maximum Gasteiger partial charge on any atom is 0.317 e. The Morgan fingerprint density at radius 2 is 1.71 bits per heavy atom. The molecule has 0 radical (unpaired) electrons. The van der Waals surface area contributed by atoms with Crippen molar-refractivity contribution in [3.05, 3.63) is 60.2 Å². The van der Waals surface area contributed by atoms with Crippen molar-refractivity contribution < 1.29 is 19.4 Å². The number of carboxylic acids is 1. The molecule has 0 saturated carbocycles. The normalized spacial score (nSPS) is 17.2. The summed E-state index contributed by atoms with van der Waals surface area (Å²) in [4.78, 5) is 27.5. The van der Waals surface area contributed by atoms with E-state index in [0.29, 0.717) is 24.4 Å². The minimum Gasteiger partial charge on any atom is -0.480 e. The molecule has 2 aromatic rings. The number of likely N-dealkylation sites (tertiary alicyclic amines) is 1. The molecule has 1 amide bonds. The van der Waals surface area contributed by atoms with E-state index in [1.165, 1.54) is 0 Å². The van der Waals surface area contributed by atoms with E-state index in [-0.39, 0.29) is 18.5 Å². The van der Waals surface area contributed by atoms with E-state index in [4.69, 9.17) is 9.84 Å². The van der Waals surface area contributed by atoms with Crippen LogP contribution in [0.25, 0.3) is 0 Å². The molecule has 148 valence electrons. The molecule has 0 aromatic heterocycles. The number of likely N-dealkylation sites (N-methyl/N-ethyl adjacent to an activating group) is 1. The van der Waals surface area contributed by atoms with Crippen molar-refractivity contribution in [3.8, 4) is 11.5 Å². The van der Waals surface area contributed by atoms with Crippen molar-refractivity contribution in [2.75, 3.05) is 26.7 Å². The van der Waals surface area contributed by atoms with Crippen LogP contribution in [0.4, 0.5) is 0 Å². The average Bonchev–Trinajstić information content (AvgIpc) is 2.95. The highest BCUT2D eigenvalue weighted by molar-refractivity contribution is 5.94. The molecule has 1 N–H and O–H groups in total. The Morgan fingerprint density at radius 1 is 1.04 bits per heavy atom. The molecule has 6 nitrogen and oxygen atoms in total. The SMILES string of the molecule is CN(CC(=O)O)C1CCCN(C(=O)c2ccc(Oc3ccccc3)cc2)CC1. The van der Waals surface area contributed by atoms with Crippen LogP contribution in [0.2, 0.25) is 0 Å². The van der Waals surface area contributed by atoms with Crippen LogP contribution in [0.5, 0.6) is 11.5 Å². The Kier molecular flexibility index (Phi) is 6.66. The monoisotopic (exact) mass is 382 g/mol. The molecule has 1 fully saturated rings. The summed E-state index contributed by atoms with van der Waals surface area (Å²) >= 11 is 0. The Balaban J connectivity index is 1.58. The summed E-state index contributed by atoms with van der Waals surface area (Å²) in [6, 6.07) is 16.9. The number of carboxylic acid groups (broad SMARTS) is 1. The molecular formula is C22H26N2O4. The van der Waals surface area contributed by atoms with Crippen LogP contribution in [0.15, 0.2) is 54.6 Å². The second-order valence-corrected chi connectivity index (χ2v) is 7.13. The summed E-state index contributed by atoms with van der Waals surface area (Å²) in [6.07, 6.45) is 2.55. The molecule has 1 atom stereocenters. The Bertz CT molecular complexity index is 792. The van der Waals surface area contributed by atoms with E-state index in [0.717, 1.165) is 25.0 Å². The van der Waals surface area contributed by atoms with E-state index in [2.05, 4.69) is 0 Å². The molecule has 1 aliphatic rings. The smallest absolute Gasteiger partial charge is 0.317 e. The molecule has 6 heteroatoms. The zero-order valence-corrected chi connectivity index (χ0v) is 16.1. The van der Waals surface area contributed by atoms with Crippen molar-refractivity contribution in [2.45, 2.75) is 25.3 Å². The number of hydrogen-bond acceptors (Lipinski definition) is 4. The molecular weight excluding hydrogens is 356 g/mol. The highest BCUT2D eigenvalue weighted by Gasteiger charge is 2.24. The summed E-state index contributed by atoms with van der Waals surface area (Å²) in [5.74, 6) is 0.630. The maximum atomic E-state index is 12.9. The van der Waals surface area contributed by atoms with Crippen LogP contribution in [-0.4, -0.2) is 59.5 Å². The molecule has 2 aromatic carbocycles. The zero-order chi connectivity index (χ0) is 19.9. The van der Waals surface area contributed by atoms with Gasteiger partial charge in [-0.05, 0) is 62.7 Å². The van der Waals surface area contributed by atoms with Gasteiger partial charge in [-0.1, -0.05) is 18.2 Å². The number of rotatable bonds is 6. The fourth-order valence-electron chi connectivity index (χ4n) is 3.54. The van der Waals surface area contributed by atoms with Crippen molar-refractivity contribution in [3.63, 3.8) is 0 Å². The number of nitrogens with zero attached hydrogens (tertiary/aromatic N) is 2. The lowest BCUT2D eigenvalue weighted by atomic mass is 10.1. The predicted molar refractivity (Wildman–Crippen MR) is 107 cm³/mol. The lowest BCUT2D eigenvalue weighted by Crippen LogP contribution is -2.37. The summed E-state index contributed by atoms with van der Waals surface area (Å²) < 4.78 is 5.77. The van der Waals surface area contributed by atoms with Crippen LogP contribution in [0.3, 0.4) is 0 Å². The lowest BCUT2D eigenvalue weighted by molar-refractivity contribution is -0.138. The van der Waals surface area contributed by atoms with Gasteiger partial charge in [-0.3, -0.25) is 14.5 Å². The fraction of sp³-hybridized carbons (Fsp3) is 0.364. The quantitative estimate of drug-likeness (QED) is 0.828. The number of ether oxygens (including phenoxy) is 1. The van der Waals surface area contributed by atoms with Gasteiger partial charge in [0.15, 0.2) is 0 Å². The first-order valence-corrected chi connectivity index (χ1v) is 9.57. The molecule has 0 spiro atoms. The summed E-state index contributed by atoms with van der Waals surface area (Å²) in [6.45, 7) is 1.36. The van der Waals surface area contributed by atoms with Crippen molar-refractivity contribution in [1.29, 1.82) is 0 Å². The number of hydrogen-bond donors (Lipinski definition) is 1. The fourth-order valence-corrected chi connectivity index (χ4v) is 3.54. The van der Waals surface area contributed by atoms with Gasteiger partial charge in [0.2, 0.25) is 0 Å². The number of carbonyl (C=O) groups excluding carboxylic acids is 1. The number of para-hydroxylation sites is 1. The predicted octanol–water partition coefficient (Wildman–Crippen LogP) is 3.49. The first-order valence-electron chi connectivity index (χ1n) is 9.57. The number of aliphatic carboxylic acids is 1. The topological polar surface area (TPSA) is 70.1 Å². The van der Waals surface area contributed by atoms with Crippen LogP contribution in [0, 0.1) is 0 Å². The largest absolute Gasteiger partial charge is 0.480 e. The third-order valence-electron chi connectivity index (χ3n) is 5.07. The van der Waals surface area contributed by atoms with Gasteiger partial charge in [-0.25, -0.2) is 0 Å². The molecule has 28 heavy (non-hydrogen) atoms. The minimum atomic E-state index is -0.822. The van der Waals surface area contributed by atoms with Crippen LogP contribution in [0.1, 0.15) is 29.6 Å². The second-order valence-electron chi connectivity index (χ2n) is 7.13. The third-order valence-corrected chi connectivity index (χ3v) is 5.07. The summed E-state index contributed by atoms with van der Waals surface area (Å²) in [5, 5.41) is 8.97. The number of benzene rings is 2. The summed E-state index contributed by atoms with van der Waals surface area (Å²) in [7, 11) is 1.84. The molecule has 0 bridgehead atoms. The number of amides is 1. The van der Waals surface area contributed by atoms with Gasteiger partial charge in [0, 0.05) is 24.7 Å². The molecule has 1 heterocycles. The molecule has 1 saturated heterocycles. The molecule has 1 unspecified atom stereocenters. The Labute approximate surface area is 165 Å². The minimum absolute atomic E-state index is 0.00722. The van der Waals surface area contributed by atoms with Gasteiger partial charge in [0.25, 0.3) is 5.91 Å². The van der Waals surface area contributed by atoms with Gasteiger partial charge in [-0.2, -0.15) is 0 Å². The first-order chi connectivity index (χ1) is 13.5. The van der Waals surface area contributed by atoms with Crippen molar-refractivity contribution >= 4 is 11.9 Å². The zero-order valence-electron chi connectivity index (χ0n) is 16.1. The van der Waals surface area contributed by atoms with Crippen molar-refractivity contribution in [1.82, 2.24) is 9.80 Å². The van der Waals surface area contributed by atoms with E-state index < -0.39 is 5.97 Å². The highest BCUT2D eigenvalue weighted by atomic mass is 16.5. The van der Waals surface area contributed by atoms with Gasteiger partial charge in [-0.15, -0.1) is 0 Å².